The van der Waals surface area contributed by atoms with Crippen molar-refractivity contribution in [1.29, 1.82) is 0 Å². The maximum Gasteiger partial charge on any atom is 0.274 e. The molecule has 176 valence electrons. The van der Waals surface area contributed by atoms with Crippen molar-refractivity contribution in [2.75, 3.05) is 0 Å². The summed E-state index contributed by atoms with van der Waals surface area (Å²) in [4.78, 5) is 14.5. The van der Waals surface area contributed by atoms with Crippen LogP contribution < -0.4 is 20.1 Å². The summed E-state index contributed by atoms with van der Waals surface area (Å²) in [5.74, 6) is 1.27. The SMILES string of the molecule is Cc1ccc(N=Cc2ccc(ONP(N)Oc3ccc(C=Nc4ccc(C)cc4)cc3)cc2)cc1. The second-order valence-electron chi connectivity index (χ2n) is 7.94. The first-order valence-corrected chi connectivity index (χ1v) is 12.4. The molecule has 4 aromatic carbocycles. The lowest BCUT2D eigenvalue weighted by atomic mass is 10.2. The second-order valence-corrected chi connectivity index (χ2v) is 8.95. The Morgan fingerprint density at radius 2 is 1.06 bits per heavy atom. The standard InChI is InChI=1S/C28H27N4O2P/c1-21-3-11-25(12-4-21)30-19-23-7-15-27(16-8-23)33-32-35(29)34-28-17-9-24(10-18-28)20-31-26-13-5-22(2)6-14-26/h3-20,32H,29H2,1-2H3. The summed E-state index contributed by atoms with van der Waals surface area (Å²) >= 11 is 0. The third-order valence-corrected chi connectivity index (χ3v) is 5.69. The van der Waals surface area contributed by atoms with Gasteiger partial charge in [-0.05, 0) is 97.8 Å². The van der Waals surface area contributed by atoms with Gasteiger partial charge in [-0.15, -0.1) is 0 Å². The van der Waals surface area contributed by atoms with E-state index in [4.69, 9.17) is 14.9 Å². The topological polar surface area (TPSA) is 81.2 Å². The van der Waals surface area contributed by atoms with Crippen molar-refractivity contribution in [3.8, 4) is 11.5 Å². The van der Waals surface area contributed by atoms with Crippen LogP contribution in [0.5, 0.6) is 11.5 Å². The quantitative estimate of drug-likeness (QED) is 0.154. The Morgan fingerprint density at radius 1 is 0.629 bits per heavy atom. The number of rotatable bonds is 9. The predicted octanol–water partition coefficient (Wildman–Crippen LogP) is 6.95. The van der Waals surface area contributed by atoms with Crippen molar-refractivity contribution in [3.63, 3.8) is 0 Å². The molecule has 0 fully saturated rings. The summed E-state index contributed by atoms with van der Waals surface area (Å²) in [6.07, 6.45) is 3.63. The molecule has 0 aliphatic rings. The maximum atomic E-state index is 6.05. The summed E-state index contributed by atoms with van der Waals surface area (Å²) in [5.41, 5.74) is 12.2. The van der Waals surface area contributed by atoms with Gasteiger partial charge in [0.05, 0.1) is 11.4 Å². The van der Waals surface area contributed by atoms with Crippen molar-refractivity contribution >= 4 is 32.3 Å². The largest absolute Gasteiger partial charge is 0.443 e. The van der Waals surface area contributed by atoms with Crippen LogP contribution in [0.25, 0.3) is 0 Å². The lowest BCUT2D eigenvalue weighted by Gasteiger charge is -2.14. The normalized spacial score (nSPS) is 12.2. The van der Waals surface area contributed by atoms with E-state index < -0.39 is 8.45 Å². The zero-order chi connectivity index (χ0) is 24.5. The van der Waals surface area contributed by atoms with Crippen LogP contribution in [0, 0.1) is 13.8 Å². The highest BCUT2D eigenvalue weighted by atomic mass is 31.2. The number of hydrogen-bond acceptors (Lipinski definition) is 6. The van der Waals surface area contributed by atoms with Crippen molar-refractivity contribution < 1.29 is 9.36 Å². The van der Waals surface area contributed by atoms with Gasteiger partial charge in [0, 0.05) is 12.4 Å². The number of aryl methyl sites for hydroxylation is 2. The fourth-order valence-electron chi connectivity index (χ4n) is 3.03. The van der Waals surface area contributed by atoms with E-state index in [1.807, 2.05) is 109 Å². The molecule has 0 bridgehead atoms. The Morgan fingerprint density at radius 3 is 1.51 bits per heavy atom. The lowest BCUT2D eigenvalue weighted by molar-refractivity contribution is 0.267. The number of benzene rings is 4. The molecule has 0 aromatic heterocycles. The summed E-state index contributed by atoms with van der Waals surface area (Å²) in [6, 6.07) is 31.2. The minimum absolute atomic E-state index is 0.627. The van der Waals surface area contributed by atoms with Gasteiger partial charge >= 0.3 is 0 Å². The third kappa shape index (κ3) is 7.87. The number of hydrogen-bond donors (Lipinski definition) is 2. The summed E-state index contributed by atoms with van der Waals surface area (Å²) in [6.45, 7) is 4.11. The van der Waals surface area contributed by atoms with E-state index >= 15 is 0 Å². The first kappa shape index (κ1) is 24.3. The van der Waals surface area contributed by atoms with Gasteiger partial charge in [0.15, 0.2) is 0 Å². The average Bonchev–Trinajstić information content (AvgIpc) is 2.88. The molecule has 0 amide bonds. The van der Waals surface area contributed by atoms with E-state index in [2.05, 4.69) is 29.1 Å². The molecule has 4 aromatic rings. The molecule has 0 saturated heterocycles. The van der Waals surface area contributed by atoms with E-state index in [1.54, 1.807) is 0 Å². The molecule has 0 aliphatic carbocycles. The first-order valence-electron chi connectivity index (χ1n) is 11.1. The minimum Gasteiger partial charge on any atom is -0.443 e. The molecule has 0 saturated carbocycles. The van der Waals surface area contributed by atoms with Gasteiger partial charge in [0.25, 0.3) is 8.45 Å². The van der Waals surface area contributed by atoms with Crippen LogP contribution in [-0.2, 0) is 0 Å². The Balaban J connectivity index is 1.23. The fraction of sp³-hybridized carbons (Fsp3) is 0.0714. The highest BCUT2D eigenvalue weighted by molar-refractivity contribution is 7.47. The van der Waals surface area contributed by atoms with Crippen molar-refractivity contribution in [2.24, 2.45) is 15.5 Å². The number of nitrogens with two attached hydrogens (primary N) is 1. The van der Waals surface area contributed by atoms with Crippen molar-refractivity contribution in [2.45, 2.75) is 13.8 Å². The van der Waals surface area contributed by atoms with Gasteiger partial charge in [0.1, 0.15) is 11.5 Å². The summed E-state index contributed by atoms with van der Waals surface area (Å²) < 4.78 is 5.73. The Hall–Kier alpha value is -3.83. The zero-order valence-electron chi connectivity index (χ0n) is 19.6. The van der Waals surface area contributed by atoms with E-state index in [1.165, 1.54) is 11.1 Å². The van der Waals surface area contributed by atoms with Crippen LogP contribution in [0.15, 0.2) is 107 Å². The molecule has 1 atom stereocenters. The van der Waals surface area contributed by atoms with Crippen molar-refractivity contribution in [1.82, 2.24) is 5.25 Å². The predicted molar refractivity (Wildman–Crippen MR) is 145 cm³/mol. The minimum atomic E-state index is -1.52. The molecular weight excluding hydrogens is 455 g/mol. The molecule has 4 rings (SSSR count). The molecule has 6 nitrogen and oxygen atoms in total. The molecule has 35 heavy (non-hydrogen) atoms. The molecule has 1 unspecified atom stereocenters. The number of nitrogens with zero attached hydrogens (tertiary/aromatic N) is 2. The Labute approximate surface area is 207 Å². The molecule has 0 radical (unpaired) electrons. The number of nitrogens with one attached hydrogen (secondary N) is 1. The molecular formula is C28H27N4O2P. The van der Waals surface area contributed by atoms with Gasteiger partial charge in [-0.25, -0.2) is 0 Å². The Kier molecular flexibility index (Phi) is 8.36. The molecule has 0 aliphatic heterocycles. The summed E-state index contributed by atoms with van der Waals surface area (Å²) in [7, 11) is -1.52. The van der Waals surface area contributed by atoms with Gasteiger partial charge < -0.3 is 9.36 Å². The van der Waals surface area contributed by atoms with E-state index in [0.29, 0.717) is 11.5 Å². The van der Waals surface area contributed by atoms with E-state index in [-0.39, 0.29) is 0 Å². The average molecular weight is 483 g/mol. The van der Waals surface area contributed by atoms with E-state index in [9.17, 15) is 0 Å². The molecule has 3 N–H and O–H groups in total. The highest BCUT2D eigenvalue weighted by Gasteiger charge is 2.06. The van der Waals surface area contributed by atoms with Gasteiger partial charge in [-0.3, -0.25) is 15.5 Å². The van der Waals surface area contributed by atoms with Crippen LogP contribution in [0.4, 0.5) is 11.4 Å². The van der Waals surface area contributed by atoms with Crippen LogP contribution >= 0.6 is 8.45 Å². The molecule has 0 heterocycles. The highest BCUT2D eigenvalue weighted by Crippen LogP contribution is 2.27. The summed E-state index contributed by atoms with van der Waals surface area (Å²) in [5, 5.41) is 2.76. The Bertz CT molecular complexity index is 1270. The van der Waals surface area contributed by atoms with Crippen LogP contribution in [0.3, 0.4) is 0 Å². The monoisotopic (exact) mass is 482 g/mol. The lowest BCUT2D eigenvalue weighted by Crippen LogP contribution is -2.19. The second kappa shape index (κ2) is 12.0. The van der Waals surface area contributed by atoms with Gasteiger partial charge in [0.2, 0.25) is 0 Å². The zero-order valence-corrected chi connectivity index (χ0v) is 20.5. The van der Waals surface area contributed by atoms with Crippen molar-refractivity contribution in [3.05, 3.63) is 119 Å². The van der Waals surface area contributed by atoms with Crippen LogP contribution in [0.1, 0.15) is 22.3 Å². The smallest absolute Gasteiger partial charge is 0.274 e. The maximum absolute atomic E-state index is 6.05. The fourth-order valence-corrected chi connectivity index (χ4v) is 3.61. The first-order chi connectivity index (χ1) is 17.0. The third-order valence-electron chi connectivity index (χ3n) is 5.01. The van der Waals surface area contributed by atoms with Gasteiger partial charge in [-0.1, -0.05) is 40.6 Å². The molecule has 0 spiro atoms. The van der Waals surface area contributed by atoms with Crippen LogP contribution in [-0.4, -0.2) is 12.4 Å². The molecule has 7 heteroatoms. The van der Waals surface area contributed by atoms with E-state index in [0.717, 1.165) is 22.5 Å². The van der Waals surface area contributed by atoms with Crippen LogP contribution in [0.2, 0.25) is 0 Å². The van der Waals surface area contributed by atoms with Gasteiger partial charge in [-0.2, -0.15) is 0 Å². The number of aliphatic imine (C=N–C) groups is 2.